The maximum absolute atomic E-state index is 11.2. The molecule has 0 aliphatic rings. The summed E-state index contributed by atoms with van der Waals surface area (Å²) in [5.74, 6) is -0.111. The number of aromatic nitrogens is 1. The largest absolute Gasteiger partial charge is 0.352 e. The molecule has 0 aliphatic carbocycles. The van der Waals surface area contributed by atoms with Crippen molar-refractivity contribution < 1.29 is 9.32 Å². The van der Waals surface area contributed by atoms with Crippen LogP contribution in [0.4, 0.5) is 0 Å². The first-order valence-corrected chi connectivity index (χ1v) is 5.03. The maximum atomic E-state index is 11.2. The molecule has 1 amide bonds. The zero-order chi connectivity index (χ0) is 11.5. The summed E-state index contributed by atoms with van der Waals surface area (Å²) in [6.07, 6.45) is 0. The minimum Gasteiger partial charge on any atom is -0.352 e. The summed E-state index contributed by atoms with van der Waals surface area (Å²) in [7, 11) is 1.53. The zero-order valence-corrected chi connectivity index (χ0v) is 9.28. The van der Waals surface area contributed by atoms with Gasteiger partial charge in [-0.15, -0.1) is 0 Å². The Labute approximate surface area is 97.2 Å². The molecule has 0 fully saturated rings. The molecule has 1 heterocycles. The predicted octanol–water partition coefficient (Wildman–Crippen LogP) is 2.35. The van der Waals surface area contributed by atoms with Gasteiger partial charge in [-0.1, -0.05) is 28.9 Å². The van der Waals surface area contributed by atoms with Crippen molar-refractivity contribution in [1.82, 2.24) is 10.5 Å². The summed E-state index contributed by atoms with van der Waals surface area (Å²) in [5.41, 5.74) is 1.46. The number of rotatable bonds is 2. The molecular formula is C11H9ClN2O2. The molecule has 2 aromatic rings. The van der Waals surface area contributed by atoms with Crippen LogP contribution in [0.5, 0.6) is 0 Å². The second kappa shape index (κ2) is 4.37. The number of carbonyl (C=O) groups is 1. The molecule has 16 heavy (non-hydrogen) atoms. The van der Waals surface area contributed by atoms with E-state index in [1.165, 1.54) is 7.05 Å². The fraction of sp³-hybridized carbons (Fsp3) is 0.0909. The lowest BCUT2D eigenvalue weighted by atomic mass is 10.1. The Kier molecular flexibility index (Phi) is 2.92. The van der Waals surface area contributed by atoms with E-state index in [4.69, 9.17) is 16.1 Å². The van der Waals surface area contributed by atoms with E-state index in [0.29, 0.717) is 10.7 Å². The Bertz CT molecular complexity index is 505. The van der Waals surface area contributed by atoms with Crippen LogP contribution in [-0.2, 0) is 0 Å². The van der Waals surface area contributed by atoms with Crippen LogP contribution in [0.15, 0.2) is 34.9 Å². The van der Waals surface area contributed by atoms with Gasteiger partial charge in [0.25, 0.3) is 5.91 Å². The highest BCUT2D eigenvalue weighted by atomic mass is 35.5. The van der Waals surface area contributed by atoms with Gasteiger partial charge in [-0.05, 0) is 12.1 Å². The minimum atomic E-state index is -0.298. The van der Waals surface area contributed by atoms with Crippen molar-refractivity contribution in [2.75, 3.05) is 7.05 Å². The van der Waals surface area contributed by atoms with Gasteiger partial charge in [0, 0.05) is 23.7 Å². The molecule has 5 heteroatoms. The first kappa shape index (κ1) is 10.7. The van der Waals surface area contributed by atoms with Crippen molar-refractivity contribution in [3.63, 3.8) is 0 Å². The van der Waals surface area contributed by atoms with Crippen molar-refractivity contribution in [3.05, 3.63) is 41.1 Å². The van der Waals surface area contributed by atoms with Gasteiger partial charge in [0.2, 0.25) is 5.76 Å². The van der Waals surface area contributed by atoms with Gasteiger partial charge < -0.3 is 9.84 Å². The average molecular weight is 237 g/mol. The molecule has 0 saturated heterocycles. The van der Waals surface area contributed by atoms with Crippen LogP contribution in [0, 0.1) is 0 Å². The van der Waals surface area contributed by atoms with Crippen LogP contribution in [0.2, 0.25) is 5.02 Å². The van der Waals surface area contributed by atoms with Gasteiger partial charge in [-0.25, -0.2) is 0 Å². The Hall–Kier alpha value is -1.81. The van der Waals surface area contributed by atoms with Crippen LogP contribution in [-0.4, -0.2) is 18.1 Å². The lowest BCUT2D eigenvalue weighted by Gasteiger charge is -1.94. The van der Waals surface area contributed by atoms with E-state index in [-0.39, 0.29) is 11.7 Å². The fourth-order valence-electron chi connectivity index (χ4n) is 1.26. The summed E-state index contributed by atoms with van der Waals surface area (Å²) in [6.45, 7) is 0. The summed E-state index contributed by atoms with van der Waals surface area (Å²) < 4.78 is 4.91. The van der Waals surface area contributed by atoms with Crippen LogP contribution in [0.25, 0.3) is 11.3 Å². The molecule has 0 aliphatic heterocycles. The number of nitrogens with zero attached hydrogens (tertiary/aromatic N) is 1. The Morgan fingerprint density at radius 3 is 2.69 bits per heavy atom. The molecule has 1 aromatic carbocycles. The van der Waals surface area contributed by atoms with Crippen molar-refractivity contribution in [2.45, 2.75) is 0 Å². The molecule has 1 aromatic heterocycles. The number of amides is 1. The number of halogens is 1. The minimum absolute atomic E-state index is 0.187. The molecule has 4 nitrogen and oxygen atoms in total. The molecule has 0 saturated carbocycles. The highest BCUT2D eigenvalue weighted by molar-refractivity contribution is 6.30. The molecular weight excluding hydrogens is 228 g/mol. The van der Waals surface area contributed by atoms with Crippen molar-refractivity contribution in [3.8, 4) is 11.3 Å². The number of benzene rings is 1. The third-order valence-corrected chi connectivity index (χ3v) is 2.35. The molecule has 2 rings (SSSR count). The smallest absolute Gasteiger partial charge is 0.289 e. The van der Waals surface area contributed by atoms with Crippen LogP contribution in [0.3, 0.4) is 0 Å². The Balaban J connectivity index is 2.31. The molecule has 82 valence electrons. The van der Waals surface area contributed by atoms with Crippen LogP contribution >= 0.6 is 11.6 Å². The average Bonchev–Trinajstić information content (AvgIpc) is 2.78. The third kappa shape index (κ3) is 2.06. The van der Waals surface area contributed by atoms with Gasteiger partial charge in [0.15, 0.2) is 0 Å². The lowest BCUT2D eigenvalue weighted by molar-refractivity contribution is 0.0926. The molecule has 0 unspecified atom stereocenters. The highest BCUT2D eigenvalue weighted by Gasteiger charge is 2.11. The fourth-order valence-corrected chi connectivity index (χ4v) is 1.39. The van der Waals surface area contributed by atoms with E-state index >= 15 is 0 Å². The number of hydrogen-bond donors (Lipinski definition) is 1. The third-order valence-electron chi connectivity index (χ3n) is 2.10. The predicted molar refractivity (Wildman–Crippen MR) is 60.3 cm³/mol. The normalized spacial score (nSPS) is 10.1. The van der Waals surface area contributed by atoms with Gasteiger partial charge >= 0.3 is 0 Å². The standard InChI is InChI=1S/C11H9ClN2O2/c1-13-11(15)10-6-9(14-16-10)7-2-4-8(12)5-3-7/h2-6H,1H3,(H,13,15). The van der Waals surface area contributed by atoms with Crippen molar-refractivity contribution in [2.24, 2.45) is 0 Å². The molecule has 0 radical (unpaired) electrons. The van der Waals surface area contributed by atoms with Crippen molar-refractivity contribution in [1.29, 1.82) is 0 Å². The first-order chi connectivity index (χ1) is 7.70. The van der Waals surface area contributed by atoms with Gasteiger partial charge in [0.05, 0.1) is 0 Å². The van der Waals surface area contributed by atoms with E-state index in [0.717, 1.165) is 5.56 Å². The summed E-state index contributed by atoms with van der Waals surface area (Å²) in [5, 5.41) is 6.92. The monoisotopic (exact) mass is 236 g/mol. The van der Waals surface area contributed by atoms with Crippen LogP contribution in [0.1, 0.15) is 10.6 Å². The number of hydrogen-bond acceptors (Lipinski definition) is 3. The molecule has 1 N–H and O–H groups in total. The second-order valence-electron chi connectivity index (χ2n) is 3.16. The van der Waals surface area contributed by atoms with Gasteiger partial charge in [0.1, 0.15) is 5.69 Å². The summed E-state index contributed by atoms with van der Waals surface area (Å²) >= 11 is 5.77. The van der Waals surface area contributed by atoms with Crippen LogP contribution < -0.4 is 5.32 Å². The Morgan fingerprint density at radius 1 is 1.38 bits per heavy atom. The maximum Gasteiger partial charge on any atom is 0.289 e. The molecule has 0 spiro atoms. The molecule has 0 bridgehead atoms. The van der Waals surface area contributed by atoms with Gasteiger partial charge in [-0.2, -0.15) is 0 Å². The molecule has 0 atom stereocenters. The first-order valence-electron chi connectivity index (χ1n) is 4.65. The summed E-state index contributed by atoms with van der Waals surface area (Å²) in [6, 6.07) is 8.72. The van der Waals surface area contributed by atoms with E-state index in [1.54, 1.807) is 18.2 Å². The Morgan fingerprint density at radius 2 is 2.06 bits per heavy atom. The van der Waals surface area contributed by atoms with Crippen molar-refractivity contribution >= 4 is 17.5 Å². The van der Waals surface area contributed by atoms with E-state index in [2.05, 4.69) is 10.5 Å². The quantitative estimate of drug-likeness (QED) is 0.871. The highest BCUT2D eigenvalue weighted by Crippen LogP contribution is 2.21. The second-order valence-corrected chi connectivity index (χ2v) is 3.60. The SMILES string of the molecule is CNC(=O)c1cc(-c2ccc(Cl)cc2)no1. The summed E-state index contributed by atoms with van der Waals surface area (Å²) in [4.78, 5) is 11.2. The number of carbonyl (C=O) groups excluding carboxylic acids is 1. The van der Waals surface area contributed by atoms with E-state index in [9.17, 15) is 4.79 Å². The van der Waals surface area contributed by atoms with E-state index in [1.807, 2.05) is 12.1 Å². The topological polar surface area (TPSA) is 55.1 Å². The van der Waals surface area contributed by atoms with E-state index < -0.39 is 0 Å². The lowest BCUT2D eigenvalue weighted by Crippen LogP contribution is -2.16. The zero-order valence-electron chi connectivity index (χ0n) is 8.53. The van der Waals surface area contributed by atoms with Gasteiger partial charge in [-0.3, -0.25) is 4.79 Å². The number of nitrogens with one attached hydrogen (secondary N) is 1.